The van der Waals surface area contributed by atoms with Crippen LogP contribution in [0.15, 0.2) is 36.7 Å². The second-order valence-electron chi connectivity index (χ2n) is 8.30. The smallest absolute Gasteiger partial charge is 0.256 e. The molecule has 2 aliphatic rings. The molecule has 1 spiro atoms. The van der Waals surface area contributed by atoms with Crippen molar-refractivity contribution in [2.75, 3.05) is 32.1 Å². The van der Waals surface area contributed by atoms with Crippen molar-refractivity contribution < 1.29 is 4.79 Å². The minimum Gasteiger partial charge on any atom is -0.361 e. The van der Waals surface area contributed by atoms with E-state index in [2.05, 4.69) is 9.97 Å². The molecule has 1 atom stereocenters. The maximum Gasteiger partial charge on any atom is 0.256 e. The van der Waals surface area contributed by atoms with Crippen LogP contribution in [0.5, 0.6) is 0 Å². The van der Waals surface area contributed by atoms with Crippen LogP contribution >= 0.6 is 0 Å². The lowest BCUT2D eigenvalue weighted by atomic mass is 9.77. The number of aryl methyl sites for hydroxylation is 1. The fourth-order valence-electron chi connectivity index (χ4n) is 4.88. The number of para-hydroxylation sites is 1. The number of fused-ring (bicyclic) bond motifs is 3. The SMILES string of the molecule is CN(C)c1ncc2c(n1)C1(CCCN(C(=O)c3cccc4cc[nH]c34)C1)CC2. The van der Waals surface area contributed by atoms with Crippen LogP contribution in [-0.2, 0) is 11.8 Å². The molecule has 3 aromatic rings. The number of carbonyl (C=O) groups is 1. The predicted octanol–water partition coefficient (Wildman–Crippen LogP) is 3.14. The minimum absolute atomic E-state index is 0.0411. The number of hydrogen-bond donors (Lipinski definition) is 1. The van der Waals surface area contributed by atoms with Crippen molar-refractivity contribution in [2.45, 2.75) is 31.1 Å². The van der Waals surface area contributed by atoms with Gasteiger partial charge in [-0.3, -0.25) is 4.79 Å². The van der Waals surface area contributed by atoms with Gasteiger partial charge in [0.15, 0.2) is 0 Å². The number of nitrogens with one attached hydrogen (secondary N) is 1. The summed E-state index contributed by atoms with van der Waals surface area (Å²) in [4.78, 5) is 30.0. The van der Waals surface area contributed by atoms with Gasteiger partial charge in [-0.05, 0) is 43.4 Å². The Morgan fingerprint density at radius 1 is 1.25 bits per heavy atom. The standard InChI is InChI=1S/C22H25N5O/c1-26(2)21-24-13-16-7-10-22(19(16)25-21)9-4-12-27(14-22)20(28)17-6-3-5-15-8-11-23-18(15)17/h3,5-6,8,11,13,23H,4,7,9-10,12,14H2,1-2H3. The summed E-state index contributed by atoms with van der Waals surface area (Å²) < 4.78 is 0. The van der Waals surface area contributed by atoms with Crippen LogP contribution in [0.2, 0.25) is 0 Å². The van der Waals surface area contributed by atoms with Gasteiger partial charge in [-0.25, -0.2) is 9.97 Å². The second-order valence-corrected chi connectivity index (χ2v) is 8.30. The quantitative estimate of drug-likeness (QED) is 0.747. The molecule has 0 bridgehead atoms. The molecule has 1 fully saturated rings. The normalized spacial score (nSPS) is 21.3. The van der Waals surface area contributed by atoms with Crippen molar-refractivity contribution in [2.24, 2.45) is 0 Å². The van der Waals surface area contributed by atoms with Gasteiger partial charge in [0.1, 0.15) is 0 Å². The zero-order chi connectivity index (χ0) is 19.3. The fraction of sp³-hybridized carbons (Fsp3) is 0.409. The van der Waals surface area contributed by atoms with Gasteiger partial charge in [-0.2, -0.15) is 0 Å². The van der Waals surface area contributed by atoms with Gasteiger partial charge in [0, 0.05) is 50.4 Å². The topological polar surface area (TPSA) is 65.1 Å². The molecule has 1 aliphatic heterocycles. The number of H-pyrrole nitrogens is 1. The Kier molecular flexibility index (Phi) is 3.89. The molecule has 6 nitrogen and oxygen atoms in total. The van der Waals surface area contributed by atoms with E-state index in [0.29, 0.717) is 0 Å². The van der Waals surface area contributed by atoms with E-state index in [4.69, 9.17) is 4.98 Å². The Bertz CT molecular complexity index is 1050. The van der Waals surface area contributed by atoms with Gasteiger partial charge in [-0.1, -0.05) is 12.1 Å². The molecule has 1 N–H and O–H groups in total. The number of anilines is 1. The monoisotopic (exact) mass is 375 g/mol. The molecule has 1 aliphatic carbocycles. The van der Waals surface area contributed by atoms with E-state index in [-0.39, 0.29) is 11.3 Å². The highest BCUT2D eigenvalue weighted by molar-refractivity contribution is 6.05. The van der Waals surface area contributed by atoms with E-state index in [0.717, 1.165) is 66.9 Å². The molecule has 6 heteroatoms. The first kappa shape index (κ1) is 17.2. The first-order valence-corrected chi connectivity index (χ1v) is 9.96. The molecule has 1 saturated heterocycles. The van der Waals surface area contributed by atoms with Crippen molar-refractivity contribution in [1.82, 2.24) is 19.9 Å². The zero-order valence-corrected chi connectivity index (χ0v) is 16.4. The number of piperidine rings is 1. The third-order valence-electron chi connectivity index (χ3n) is 6.31. The number of aromatic nitrogens is 3. The first-order valence-electron chi connectivity index (χ1n) is 9.96. The Morgan fingerprint density at radius 3 is 3.00 bits per heavy atom. The van der Waals surface area contributed by atoms with Crippen molar-refractivity contribution in [3.05, 3.63) is 53.5 Å². The van der Waals surface area contributed by atoms with Crippen LogP contribution in [0, 0.1) is 0 Å². The van der Waals surface area contributed by atoms with Crippen LogP contribution in [0.4, 0.5) is 5.95 Å². The number of nitrogens with zero attached hydrogens (tertiary/aromatic N) is 4. The molecular formula is C22H25N5O. The van der Waals surface area contributed by atoms with Crippen molar-refractivity contribution >= 4 is 22.8 Å². The van der Waals surface area contributed by atoms with Crippen molar-refractivity contribution in [3.8, 4) is 0 Å². The van der Waals surface area contributed by atoms with Crippen LogP contribution in [-0.4, -0.2) is 52.9 Å². The summed E-state index contributed by atoms with van der Waals surface area (Å²) in [5, 5.41) is 1.08. The van der Waals surface area contributed by atoms with Gasteiger partial charge in [-0.15, -0.1) is 0 Å². The Labute approximate surface area is 164 Å². The summed E-state index contributed by atoms with van der Waals surface area (Å²) in [6.45, 7) is 1.54. The molecule has 28 heavy (non-hydrogen) atoms. The number of likely N-dealkylation sites (tertiary alicyclic amines) is 1. The van der Waals surface area contributed by atoms with Crippen molar-refractivity contribution in [1.29, 1.82) is 0 Å². The molecule has 144 valence electrons. The maximum atomic E-state index is 13.4. The molecule has 3 heterocycles. The van der Waals surface area contributed by atoms with E-state index in [1.165, 1.54) is 5.56 Å². The summed E-state index contributed by atoms with van der Waals surface area (Å²) in [5.74, 6) is 0.863. The van der Waals surface area contributed by atoms with Gasteiger partial charge in [0.05, 0.1) is 16.8 Å². The zero-order valence-electron chi connectivity index (χ0n) is 16.4. The summed E-state index contributed by atoms with van der Waals surface area (Å²) >= 11 is 0. The number of rotatable bonds is 2. The highest BCUT2D eigenvalue weighted by Gasteiger charge is 2.45. The lowest BCUT2D eigenvalue weighted by Crippen LogP contribution is -2.48. The number of benzene rings is 1. The fourth-order valence-corrected chi connectivity index (χ4v) is 4.88. The summed E-state index contributed by atoms with van der Waals surface area (Å²) in [6.07, 6.45) is 8.01. The maximum absolute atomic E-state index is 13.4. The van der Waals surface area contributed by atoms with E-state index in [1.54, 1.807) is 0 Å². The average Bonchev–Trinajstić information content (AvgIpc) is 3.32. The number of hydrogen-bond acceptors (Lipinski definition) is 4. The van der Waals surface area contributed by atoms with E-state index in [1.807, 2.05) is 60.6 Å². The van der Waals surface area contributed by atoms with Gasteiger partial charge in [0.2, 0.25) is 5.95 Å². The number of amides is 1. The lowest BCUT2D eigenvalue weighted by Gasteiger charge is -2.40. The van der Waals surface area contributed by atoms with Crippen LogP contribution < -0.4 is 4.90 Å². The van der Waals surface area contributed by atoms with Gasteiger partial charge < -0.3 is 14.8 Å². The van der Waals surface area contributed by atoms with Crippen LogP contribution in [0.3, 0.4) is 0 Å². The third kappa shape index (κ3) is 2.58. The Morgan fingerprint density at radius 2 is 2.14 bits per heavy atom. The van der Waals surface area contributed by atoms with Gasteiger partial charge in [0.25, 0.3) is 5.91 Å². The summed E-state index contributed by atoms with van der Waals surface area (Å²) in [6, 6.07) is 7.94. The highest BCUT2D eigenvalue weighted by atomic mass is 16.2. The highest BCUT2D eigenvalue weighted by Crippen LogP contribution is 2.44. The average molecular weight is 375 g/mol. The summed E-state index contributed by atoms with van der Waals surface area (Å²) in [7, 11) is 3.94. The van der Waals surface area contributed by atoms with Gasteiger partial charge >= 0.3 is 0 Å². The molecule has 2 aromatic heterocycles. The molecule has 1 aromatic carbocycles. The van der Waals surface area contributed by atoms with Crippen LogP contribution in [0.25, 0.3) is 10.9 Å². The second kappa shape index (κ2) is 6.33. The van der Waals surface area contributed by atoms with Crippen molar-refractivity contribution in [3.63, 3.8) is 0 Å². The molecule has 1 unspecified atom stereocenters. The largest absolute Gasteiger partial charge is 0.361 e. The molecule has 1 amide bonds. The predicted molar refractivity (Wildman–Crippen MR) is 110 cm³/mol. The summed E-state index contributed by atoms with van der Waals surface area (Å²) in [5.41, 5.74) is 4.04. The van der Waals surface area contributed by atoms with E-state index < -0.39 is 0 Å². The Hall–Kier alpha value is -2.89. The minimum atomic E-state index is -0.0411. The molecule has 0 saturated carbocycles. The molecule has 5 rings (SSSR count). The first-order chi connectivity index (χ1) is 13.6. The van der Waals surface area contributed by atoms with E-state index >= 15 is 0 Å². The molecule has 0 radical (unpaired) electrons. The van der Waals surface area contributed by atoms with Crippen LogP contribution in [0.1, 0.15) is 40.9 Å². The number of carbonyl (C=O) groups excluding carboxylic acids is 1. The van der Waals surface area contributed by atoms with E-state index in [9.17, 15) is 4.79 Å². The lowest BCUT2D eigenvalue weighted by molar-refractivity contribution is 0.0635. The Balaban J connectivity index is 1.49. The molecular weight excluding hydrogens is 350 g/mol. The third-order valence-corrected chi connectivity index (χ3v) is 6.31. The number of aromatic amines is 1.